The highest BCUT2D eigenvalue weighted by atomic mass is 16.5. The van der Waals surface area contributed by atoms with Gasteiger partial charge in [0, 0.05) is 0 Å². The Bertz CT molecular complexity index is 770. The zero-order chi connectivity index (χ0) is 19.1. The van der Waals surface area contributed by atoms with Crippen LogP contribution in [0, 0.1) is 6.92 Å². The fourth-order valence-electron chi connectivity index (χ4n) is 2.46. The van der Waals surface area contributed by atoms with Crippen molar-refractivity contribution in [1.29, 1.82) is 0 Å². The minimum Gasteiger partial charge on any atom is -0.497 e. The molecule has 26 heavy (non-hydrogen) atoms. The molecule has 1 atom stereocenters. The quantitative estimate of drug-likeness (QED) is 0.771. The van der Waals surface area contributed by atoms with Crippen molar-refractivity contribution in [2.75, 3.05) is 20.8 Å². The van der Waals surface area contributed by atoms with Gasteiger partial charge >= 0.3 is 5.97 Å². The smallest absolute Gasteiger partial charge is 0.338 e. The predicted molar refractivity (Wildman–Crippen MR) is 97.6 cm³/mol. The maximum atomic E-state index is 12.1. The molecule has 0 spiro atoms. The lowest BCUT2D eigenvalue weighted by molar-refractivity contribution is -0.124. The van der Waals surface area contributed by atoms with E-state index in [-0.39, 0.29) is 18.6 Å². The molecule has 0 unspecified atom stereocenters. The lowest BCUT2D eigenvalue weighted by atomic mass is 10.1. The van der Waals surface area contributed by atoms with E-state index in [1.165, 1.54) is 0 Å². The minimum absolute atomic E-state index is 0.213. The molecule has 6 heteroatoms. The molecule has 138 valence electrons. The molecule has 0 bridgehead atoms. The molecule has 1 N–H and O–H groups in total. The average molecular weight is 357 g/mol. The van der Waals surface area contributed by atoms with Gasteiger partial charge in [-0.25, -0.2) is 4.79 Å². The highest BCUT2D eigenvalue weighted by Crippen LogP contribution is 2.18. The molecule has 0 aliphatic carbocycles. The summed E-state index contributed by atoms with van der Waals surface area (Å²) in [4.78, 5) is 24.2. The van der Waals surface area contributed by atoms with Crippen LogP contribution < -0.4 is 14.8 Å². The van der Waals surface area contributed by atoms with E-state index in [0.717, 1.165) is 16.9 Å². The first kappa shape index (κ1) is 19.3. The molecule has 2 rings (SSSR count). The molecule has 0 aromatic heterocycles. The van der Waals surface area contributed by atoms with Gasteiger partial charge in [-0.3, -0.25) is 4.79 Å². The van der Waals surface area contributed by atoms with Crippen LogP contribution in [0.2, 0.25) is 0 Å². The normalized spacial score (nSPS) is 11.4. The summed E-state index contributed by atoms with van der Waals surface area (Å²) in [6.45, 7) is 3.30. The van der Waals surface area contributed by atoms with Gasteiger partial charge in [0.1, 0.15) is 11.5 Å². The first-order valence-electron chi connectivity index (χ1n) is 8.19. The van der Waals surface area contributed by atoms with Gasteiger partial charge in [-0.15, -0.1) is 0 Å². The first-order chi connectivity index (χ1) is 12.4. The molecule has 0 aliphatic rings. The van der Waals surface area contributed by atoms with E-state index in [9.17, 15) is 9.59 Å². The summed E-state index contributed by atoms with van der Waals surface area (Å²) >= 11 is 0. The molecule has 0 saturated heterocycles. The Hall–Kier alpha value is -3.02. The van der Waals surface area contributed by atoms with E-state index in [1.807, 2.05) is 31.2 Å². The molecule has 2 aromatic carbocycles. The van der Waals surface area contributed by atoms with Gasteiger partial charge in [-0.05, 0) is 55.3 Å². The maximum absolute atomic E-state index is 12.1. The zero-order valence-electron chi connectivity index (χ0n) is 15.4. The Morgan fingerprint density at radius 3 is 2.19 bits per heavy atom. The number of aryl methyl sites for hydroxylation is 1. The Morgan fingerprint density at radius 2 is 1.62 bits per heavy atom. The van der Waals surface area contributed by atoms with Crippen molar-refractivity contribution < 1.29 is 23.8 Å². The molecule has 6 nitrogen and oxygen atoms in total. The summed E-state index contributed by atoms with van der Waals surface area (Å²) in [5.41, 5.74) is 2.06. The van der Waals surface area contributed by atoms with Crippen molar-refractivity contribution >= 4 is 11.9 Å². The van der Waals surface area contributed by atoms with E-state index in [2.05, 4.69) is 5.32 Å². The number of carbonyl (C=O) groups excluding carboxylic acids is 2. The van der Waals surface area contributed by atoms with E-state index < -0.39 is 5.97 Å². The highest BCUT2D eigenvalue weighted by Gasteiger charge is 2.15. The second-order valence-corrected chi connectivity index (χ2v) is 5.82. The van der Waals surface area contributed by atoms with E-state index in [0.29, 0.717) is 11.3 Å². The van der Waals surface area contributed by atoms with Crippen molar-refractivity contribution in [2.45, 2.75) is 19.9 Å². The fraction of sp³-hybridized carbons (Fsp3) is 0.300. The predicted octanol–water partition coefficient (Wildman–Crippen LogP) is 3.05. The van der Waals surface area contributed by atoms with Gasteiger partial charge in [0.05, 0.1) is 25.8 Å². The van der Waals surface area contributed by atoms with Crippen molar-refractivity contribution in [1.82, 2.24) is 5.32 Å². The van der Waals surface area contributed by atoms with Crippen molar-refractivity contribution in [3.8, 4) is 11.5 Å². The number of amides is 1. The molecular formula is C20H23NO5. The van der Waals surface area contributed by atoms with Crippen LogP contribution in [0.1, 0.15) is 34.5 Å². The Morgan fingerprint density at radius 1 is 1.00 bits per heavy atom. The van der Waals surface area contributed by atoms with Crippen LogP contribution in [0.3, 0.4) is 0 Å². The number of rotatable bonds is 7. The number of hydrogen-bond acceptors (Lipinski definition) is 5. The zero-order valence-corrected chi connectivity index (χ0v) is 15.4. The second-order valence-electron chi connectivity index (χ2n) is 5.82. The number of ether oxygens (including phenoxy) is 3. The van der Waals surface area contributed by atoms with E-state index >= 15 is 0 Å². The van der Waals surface area contributed by atoms with Crippen molar-refractivity contribution in [2.24, 2.45) is 0 Å². The standard InChI is InChI=1S/C20H23NO5/c1-13-11-17(25-4)9-10-18(13)20(23)26-12-19(22)21-14(2)15-5-7-16(24-3)8-6-15/h5-11,14H,12H2,1-4H3,(H,21,22)/t14-/m0/s1. The summed E-state index contributed by atoms with van der Waals surface area (Å²) in [6.07, 6.45) is 0. The summed E-state index contributed by atoms with van der Waals surface area (Å²) in [5.74, 6) is 0.492. The molecular weight excluding hydrogens is 334 g/mol. The lowest BCUT2D eigenvalue weighted by Gasteiger charge is -2.15. The number of hydrogen-bond donors (Lipinski definition) is 1. The van der Waals surface area contributed by atoms with Crippen LogP contribution in [0.25, 0.3) is 0 Å². The van der Waals surface area contributed by atoms with Crippen LogP contribution in [0.5, 0.6) is 11.5 Å². The van der Waals surface area contributed by atoms with Gasteiger partial charge in [-0.1, -0.05) is 12.1 Å². The second kappa shape index (κ2) is 8.89. The van der Waals surface area contributed by atoms with Gasteiger partial charge in [0.25, 0.3) is 5.91 Å². The number of nitrogens with one attached hydrogen (secondary N) is 1. The Kier molecular flexibility index (Phi) is 6.60. The van der Waals surface area contributed by atoms with Crippen LogP contribution in [-0.4, -0.2) is 32.7 Å². The summed E-state index contributed by atoms with van der Waals surface area (Å²) < 4.78 is 15.3. The van der Waals surface area contributed by atoms with Gasteiger partial charge in [0.15, 0.2) is 6.61 Å². The Labute approximate surface area is 153 Å². The SMILES string of the molecule is COc1ccc([C@H](C)NC(=O)COC(=O)c2ccc(OC)cc2C)cc1. The van der Waals surface area contributed by atoms with Gasteiger partial charge < -0.3 is 19.5 Å². The van der Waals surface area contributed by atoms with Gasteiger partial charge in [0.2, 0.25) is 0 Å². The third-order valence-electron chi connectivity index (χ3n) is 3.98. The van der Waals surface area contributed by atoms with Crippen LogP contribution >= 0.6 is 0 Å². The largest absolute Gasteiger partial charge is 0.497 e. The van der Waals surface area contributed by atoms with Crippen molar-refractivity contribution in [3.05, 3.63) is 59.2 Å². The highest BCUT2D eigenvalue weighted by molar-refractivity contribution is 5.92. The lowest BCUT2D eigenvalue weighted by Crippen LogP contribution is -2.31. The molecule has 0 saturated carbocycles. The molecule has 1 amide bonds. The van der Waals surface area contributed by atoms with Gasteiger partial charge in [-0.2, -0.15) is 0 Å². The number of methoxy groups -OCH3 is 2. The third kappa shape index (κ3) is 4.99. The minimum atomic E-state index is -0.544. The first-order valence-corrected chi connectivity index (χ1v) is 8.19. The molecule has 0 fully saturated rings. The summed E-state index contributed by atoms with van der Waals surface area (Å²) in [5, 5.41) is 2.80. The van der Waals surface area contributed by atoms with E-state index in [4.69, 9.17) is 14.2 Å². The fourth-order valence-corrected chi connectivity index (χ4v) is 2.46. The molecule has 2 aromatic rings. The average Bonchev–Trinajstić information content (AvgIpc) is 2.65. The summed E-state index contributed by atoms with van der Waals surface area (Å²) in [6, 6.07) is 12.2. The Balaban J connectivity index is 1.88. The molecule has 0 radical (unpaired) electrons. The number of carbonyl (C=O) groups is 2. The molecule has 0 aliphatic heterocycles. The maximum Gasteiger partial charge on any atom is 0.338 e. The summed E-state index contributed by atoms with van der Waals surface area (Å²) in [7, 11) is 3.15. The van der Waals surface area contributed by atoms with Crippen LogP contribution in [-0.2, 0) is 9.53 Å². The number of benzene rings is 2. The molecule has 0 heterocycles. The topological polar surface area (TPSA) is 73.9 Å². The van der Waals surface area contributed by atoms with Crippen molar-refractivity contribution in [3.63, 3.8) is 0 Å². The third-order valence-corrected chi connectivity index (χ3v) is 3.98. The monoisotopic (exact) mass is 357 g/mol. The van der Waals surface area contributed by atoms with E-state index in [1.54, 1.807) is 39.3 Å². The van der Waals surface area contributed by atoms with Crippen LogP contribution in [0.15, 0.2) is 42.5 Å². The van der Waals surface area contributed by atoms with Crippen LogP contribution in [0.4, 0.5) is 0 Å². The number of esters is 1.